The summed E-state index contributed by atoms with van der Waals surface area (Å²) in [6.45, 7) is 3.37. The van der Waals surface area contributed by atoms with E-state index in [4.69, 9.17) is 0 Å². The summed E-state index contributed by atoms with van der Waals surface area (Å²) in [5.41, 5.74) is 3.52. The molecule has 0 bridgehead atoms. The molecule has 0 aliphatic carbocycles. The summed E-state index contributed by atoms with van der Waals surface area (Å²) in [7, 11) is 0. The quantitative estimate of drug-likeness (QED) is 0.817. The van der Waals surface area contributed by atoms with Crippen molar-refractivity contribution in [2.45, 2.75) is 26.3 Å². The molecule has 0 spiro atoms. The van der Waals surface area contributed by atoms with Crippen molar-refractivity contribution in [1.82, 2.24) is 5.32 Å². The van der Waals surface area contributed by atoms with Gasteiger partial charge in [-0.2, -0.15) is 0 Å². The topological polar surface area (TPSA) is 41.1 Å². The first kappa shape index (κ1) is 15.1. The second-order valence-electron chi connectivity index (χ2n) is 4.95. The van der Waals surface area contributed by atoms with Gasteiger partial charge in [0.1, 0.15) is 0 Å². The molecule has 0 saturated heterocycles. The summed E-state index contributed by atoms with van der Waals surface area (Å²) >= 11 is 0. The summed E-state index contributed by atoms with van der Waals surface area (Å²) < 4.78 is 0. The maximum Gasteiger partial charge on any atom is 0.222 e. The predicted molar refractivity (Wildman–Crippen MR) is 87.2 cm³/mol. The minimum absolute atomic E-state index is 0.0698. The Morgan fingerprint density at radius 3 is 2.48 bits per heavy atom. The number of carbonyl (C=O) groups excluding carboxylic acids is 1. The fourth-order valence-corrected chi connectivity index (χ4v) is 2.20. The molecule has 3 nitrogen and oxygen atoms in total. The third-order valence-electron chi connectivity index (χ3n) is 3.40. The maximum atomic E-state index is 11.8. The molecule has 0 radical (unpaired) electrons. The number of para-hydroxylation sites is 1. The number of aryl methyl sites for hydroxylation is 1. The molecule has 2 aromatic rings. The fraction of sp³-hybridized carbons (Fsp3) is 0.278. The zero-order valence-electron chi connectivity index (χ0n) is 12.4. The number of benzene rings is 2. The van der Waals surface area contributed by atoms with Gasteiger partial charge in [-0.05, 0) is 23.6 Å². The minimum atomic E-state index is 0.0698. The number of anilines is 1. The van der Waals surface area contributed by atoms with Crippen LogP contribution in [-0.2, 0) is 17.8 Å². The van der Waals surface area contributed by atoms with Crippen molar-refractivity contribution in [3.63, 3.8) is 0 Å². The van der Waals surface area contributed by atoms with E-state index in [1.165, 1.54) is 5.56 Å². The second kappa shape index (κ2) is 8.10. The van der Waals surface area contributed by atoms with Crippen molar-refractivity contribution in [3.05, 3.63) is 65.7 Å². The van der Waals surface area contributed by atoms with Gasteiger partial charge < -0.3 is 10.6 Å². The van der Waals surface area contributed by atoms with Gasteiger partial charge >= 0.3 is 0 Å². The van der Waals surface area contributed by atoms with E-state index in [0.29, 0.717) is 19.5 Å². The molecule has 0 saturated carbocycles. The molecule has 1 amide bonds. The highest BCUT2D eigenvalue weighted by molar-refractivity contribution is 5.76. The molecule has 2 aromatic carbocycles. The Bertz CT molecular complexity index is 566. The molecule has 0 aromatic heterocycles. The molecule has 3 heteroatoms. The summed E-state index contributed by atoms with van der Waals surface area (Å²) in [4.78, 5) is 11.8. The van der Waals surface area contributed by atoms with Gasteiger partial charge in [0, 0.05) is 25.2 Å². The molecule has 110 valence electrons. The lowest BCUT2D eigenvalue weighted by atomic mass is 10.1. The Morgan fingerprint density at radius 2 is 1.71 bits per heavy atom. The highest BCUT2D eigenvalue weighted by Gasteiger charge is 2.03. The predicted octanol–water partition coefficient (Wildman–Crippen LogP) is 3.37. The van der Waals surface area contributed by atoms with E-state index in [9.17, 15) is 4.79 Å². The molecule has 0 aliphatic heterocycles. The first-order valence-corrected chi connectivity index (χ1v) is 7.42. The van der Waals surface area contributed by atoms with Crippen LogP contribution in [-0.4, -0.2) is 12.5 Å². The van der Waals surface area contributed by atoms with E-state index in [2.05, 4.69) is 29.7 Å². The lowest BCUT2D eigenvalue weighted by Crippen LogP contribution is -2.24. The van der Waals surface area contributed by atoms with E-state index >= 15 is 0 Å². The standard InChI is InChI=1S/C18H22N2O/c1-2-16-10-6-7-11-17(16)19-13-12-18(21)20-14-15-8-4-3-5-9-15/h3-11,19H,2,12-14H2,1H3,(H,20,21). The molecule has 0 unspecified atom stereocenters. The van der Waals surface area contributed by atoms with E-state index in [0.717, 1.165) is 17.7 Å². The van der Waals surface area contributed by atoms with E-state index in [1.54, 1.807) is 0 Å². The van der Waals surface area contributed by atoms with Crippen LogP contribution in [0.5, 0.6) is 0 Å². The third-order valence-corrected chi connectivity index (χ3v) is 3.40. The lowest BCUT2D eigenvalue weighted by Gasteiger charge is -2.11. The van der Waals surface area contributed by atoms with Crippen LogP contribution in [0.3, 0.4) is 0 Å². The first-order chi connectivity index (χ1) is 10.3. The Labute approximate surface area is 126 Å². The van der Waals surface area contributed by atoms with E-state index in [-0.39, 0.29) is 5.91 Å². The zero-order chi connectivity index (χ0) is 14.9. The van der Waals surface area contributed by atoms with Gasteiger partial charge in [-0.25, -0.2) is 0 Å². The molecule has 2 N–H and O–H groups in total. The summed E-state index contributed by atoms with van der Waals surface area (Å²) in [6.07, 6.45) is 1.47. The van der Waals surface area contributed by atoms with Gasteiger partial charge in [0.05, 0.1) is 0 Å². The van der Waals surface area contributed by atoms with Crippen molar-refractivity contribution in [3.8, 4) is 0 Å². The van der Waals surface area contributed by atoms with Gasteiger partial charge in [0.2, 0.25) is 5.91 Å². The Hall–Kier alpha value is -2.29. The van der Waals surface area contributed by atoms with Crippen LogP contribution >= 0.6 is 0 Å². The number of amides is 1. The molecular formula is C18H22N2O. The van der Waals surface area contributed by atoms with Crippen LogP contribution in [0.15, 0.2) is 54.6 Å². The second-order valence-corrected chi connectivity index (χ2v) is 4.95. The largest absolute Gasteiger partial charge is 0.384 e. The number of carbonyl (C=O) groups is 1. The van der Waals surface area contributed by atoms with Gasteiger partial charge in [-0.15, -0.1) is 0 Å². The highest BCUT2D eigenvalue weighted by atomic mass is 16.1. The van der Waals surface area contributed by atoms with E-state index in [1.807, 2.05) is 42.5 Å². The average Bonchev–Trinajstić information content (AvgIpc) is 2.54. The SMILES string of the molecule is CCc1ccccc1NCCC(=O)NCc1ccccc1. The number of rotatable bonds is 7. The molecule has 0 heterocycles. The summed E-state index contributed by atoms with van der Waals surface area (Å²) in [5.74, 6) is 0.0698. The monoisotopic (exact) mass is 282 g/mol. The van der Waals surface area contributed by atoms with Gasteiger partial charge in [-0.3, -0.25) is 4.79 Å². The van der Waals surface area contributed by atoms with Crippen molar-refractivity contribution in [1.29, 1.82) is 0 Å². The molecule has 21 heavy (non-hydrogen) atoms. The van der Waals surface area contributed by atoms with Crippen LogP contribution < -0.4 is 10.6 Å². The fourth-order valence-electron chi connectivity index (χ4n) is 2.20. The van der Waals surface area contributed by atoms with Gasteiger partial charge in [0.15, 0.2) is 0 Å². The van der Waals surface area contributed by atoms with Gasteiger partial charge in [0.25, 0.3) is 0 Å². The van der Waals surface area contributed by atoms with Crippen LogP contribution in [0.4, 0.5) is 5.69 Å². The normalized spacial score (nSPS) is 10.1. The third kappa shape index (κ3) is 4.95. The molecule has 0 atom stereocenters. The minimum Gasteiger partial charge on any atom is -0.384 e. The molecule has 0 fully saturated rings. The first-order valence-electron chi connectivity index (χ1n) is 7.42. The smallest absolute Gasteiger partial charge is 0.222 e. The van der Waals surface area contributed by atoms with Crippen molar-refractivity contribution in [2.75, 3.05) is 11.9 Å². The van der Waals surface area contributed by atoms with Crippen LogP contribution in [0.1, 0.15) is 24.5 Å². The molecule has 2 rings (SSSR count). The van der Waals surface area contributed by atoms with Crippen molar-refractivity contribution < 1.29 is 4.79 Å². The summed E-state index contributed by atoms with van der Waals surface area (Å²) in [6, 6.07) is 18.2. The molecular weight excluding hydrogens is 260 g/mol. The van der Waals surface area contributed by atoms with Crippen molar-refractivity contribution in [2.24, 2.45) is 0 Å². The summed E-state index contributed by atoms with van der Waals surface area (Å²) in [5, 5.41) is 6.27. The maximum absolute atomic E-state index is 11.8. The zero-order valence-corrected chi connectivity index (χ0v) is 12.4. The van der Waals surface area contributed by atoms with E-state index < -0.39 is 0 Å². The Morgan fingerprint density at radius 1 is 1.00 bits per heavy atom. The van der Waals surface area contributed by atoms with Crippen LogP contribution in [0.25, 0.3) is 0 Å². The number of nitrogens with one attached hydrogen (secondary N) is 2. The highest BCUT2D eigenvalue weighted by Crippen LogP contribution is 2.15. The van der Waals surface area contributed by atoms with Gasteiger partial charge in [-0.1, -0.05) is 55.5 Å². The Balaban J connectivity index is 1.72. The molecule has 0 aliphatic rings. The number of hydrogen-bond acceptors (Lipinski definition) is 2. The number of hydrogen-bond donors (Lipinski definition) is 2. The van der Waals surface area contributed by atoms with Crippen LogP contribution in [0, 0.1) is 0 Å². The lowest BCUT2D eigenvalue weighted by molar-refractivity contribution is -0.121. The Kier molecular flexibility index (Phi) is 5.83. The average molecular weight is 282 g/mol. The van der Waals surface area contributed by atoms with Crippen molar-refractivity contribution >= 4 is 11.6 Å². The van der Waals surface area contributed by atoms with Crippen LogP contribution in [0.2, 0.25) is 0 Å².